The molecule has 0 bridgehead atoms. The Morgan fingerprint density at radius 2 is 2.14 bits per heavy atom. The largest absolute Gasteiger partial charge is 0.476 e. The monoisotopic (exact) mass is 380 g/mol. The van der Waals surface area contributed by atoms with Gasteiger partial charge in [-0.05, 0) is 18.2 Å². The Morgan fingerprint density at radius 1 is 1.43 bits per heavy atom. The predicted molar refractivity (Wildman–Crippen MR) is 75.5 cm³/mol. The van der Waals surface area contributed by atoms with Gasteiger partial charge >= 0.3 is 12.1 Å². The van der Waals surface area contributed by atoms with Crippen LogP contribution in [0.2, 0.25) is 0 Å². The Labute approximate surface area is 129 Å². The molecule has 112 valence electrons. The predicted octanol–water partition coefficient (Wildman–Crippen LogP) is 4.23. The van der Waals surface area contributed by atoms with Crippen LogP contribution in [0.4, 0.5) is 18.9 Å². The normalized spacial score (nSPS) is 11.4. The van der Waals surface area contributed by atoms with Gasteiger partial charge in [0.15, 0.2) is 5.69 Å². The number of halogens is 4. The summed E-state index contributed by atoms with van der Waals surface area (Å²) in [6.07, 6.45) is -4.48. The fourth-order valence-corrected chi connectivity index (χ4v) is 2.64. The van der Waals surface area contributed by atoms with Crippen LogP contribution in [-0.2, 0) is 12.7 Å². The maximum absolute atomic E-state index is 12.9. The second kappa shape index (κ2) is 6.02. The lowest BCUT2D eigenvalue weighted by Gasteiger charge is -2.14. The minimum atomic E-state index is -4.48. The van der Waals surface area contributed by atoms with Gasteiger partial charge in [0.25, 0.3) is 0 Å². The van der Waals surface area contributed by atoms with Crippen molar-refractivity contribution in [3.8, 4) is 0 Å². The number of benzene rings is 1. The summed E-state index contributed by atoms with van der Waals surface area (Å²) in [5.74, 6) is -1.17. The Bertz CT molecular complexity index is 673. The van der Waals surface area contributed by atoms with Gasteiger partial charge in [0, 0.05) is 15.5 Å². The van der Waals surface area contributed by atoms with E-state index in [-0.39, 0.29) is 17.9 Å². The Hall–Kier alpha value is -1.61. The van der Waals surface area contributed by atoms with Gasteiger partial charge in [0.05, 0.1) is 12.1 Å². The highest BCUT2D eigenvalue weighted by Crippen LogP contribution is 2.36. The SMILES string of the molecule is O=C(O)c1csc(CNc2ccc(Br)cc2C(F)(F)F)n1. The molecule has 0 unspecified atom stereocenters. The molecule has 0 fully saturated rings. The van der Waals surface area contributed by atoms with Gasteiger partial charge in [-0.15, -0.1) is 11.3 Å². The van der Waals surface area contributed by atoms with E-state index in [1.54, 1.807) is 0 Å². The number of carboxylic acids is 1. The molecule has 0 saturated carbocycles. The first-order valence-corrected chi connectivity index (χ1v) is 7.23. The molecule has 0 aliphatic rings. The van der Waals surface area contributed by atoms with E-state index in [0.29, 0.717) is 9.48 Å². The lowest BCUT2D eigenvalue weighted by molar-refractivity contribution is -0.137. The number of nitrogens with zero attached hydrogens (tertiary/aromatic N) is 1. The average Bonchev–Trinajstić information content (AvgIpc) is 2.85. The van der Waals surface area contributed by atoms with Crippen molar-refractivity contribution in [3.63, 3.8) is 0 Å². The molecule has 21 heavy (non-hydrogen) atoms. The Morgan fingerprint density at radius 3 is 2.71 bits per heavy atom. The molecule has 0 aliphatic carbocycles. The van der Waals surface area contributed by atoms with Crippen molar-refractivity contribution in [3.05, 3.63) is 44.3 Å². The van der Waals surface area contributed by atoms with E-state index in [2.05, 4.69) is 26.2 Å². The summed E-state index contributed by atoms with van der Waals surface area (Å²) in [7, 11) is 0. The van der Waals surface area contributed by atoms with E-state index in [1.807, 2.05) is 0 Å². The quantitative estimate of drug-likeness (QED) is 0.832. The first-order valence-electron chi connectivity index (χ1n) is 5.55. The van der Waals surface area contributed by atoms with Crippen molar-refractivity contribution >= 4 is 38.9 Å². The second-order valence-corrected chi connectivity index (χ2v) is 5.83. The third-order valence-electron chi connectivity index (χ3n) is 2.49. The van der Waals surface area contributed by atoms with Crippen LogP contribution in [0.3, 0.4) is 0 Å². The number of aromatic nitrogens is 1. The van der Waals surface area contributed by atoms with Crippen LogP contribution in [0.15, 0.2) is 28.1 Å². The molecule has 1 aromatic heterocycles. The number of thiazole rings is 1. The number of rotatable bonds is 4. The molecule has 2 rings (SSSR count). The molecule has 0 aliphatic heterocycles. The van der Waals surface area contributed by atoms with Gasteiger partial charge < -0.3 is 10.4 Å². The van der Waals surface area contributed by atoms with Crippen LogP contribution in [0.5, 0.6) is 0 Å². The van der Waals surface area contributed by atoms with E-state index in [1.165, 1.54) is 17.5 Å². The molecular weight excluding hydrogens is 373 g/mol. The van der Waals surface area contributed by atoms with Gasteiger partial charge in [-0.25, -0.2) is 9.78 Å². The number of anilines is 1. The number of aromatic carboxylic acids is 1. The van der Waals surface area contributed by atoms with Crippen molar-refractivity contribution in [2.45, 2.75) is 12.7 Å². The number of nitrogens with one attached hydrogen (secondary N) is 1. The molecule has 2 N–H and O–H groups in total. The minimum absolute atomic E-state index is 0.0165. The number of carbonyl (C=O) groups is 1. The van der Waals surface area contributed by atoms with Crippen molar-refractivity contribution in [1.29, 1.82) is 0 Å². The van der Waals surface area contributed by atoms with Gasteiger partial charge in [-0.3, -0.25) is 0 Å². The Balaban J connectivity index is 2.18. The van der Waals surface area contributed by atoms with E-state index < -0.39 is 17.7 Å². The first kappa shape index (κ1) is 15.8. The average molecular weight is 381 g/mol. The molecule has 0 spiro atoms. The van der Waals surface area contributed by atoms with Gasteiger partial charge in [-0.2, -0.15) is 13.2 Å². The molecule has 2 aromatic rings. The summed E-state index contributed by atoms with van der Waals surface area (Å²) in [5, 5.41) is 13.1. The molecule has 0 amide bonds. The fraction of sp³-hybridized carbons (Fsp3) is 0.167. The smallest absolute Gasteiger partial charge is 0.418 e. The highest BCUT2D eigenvalue weighted by Gasteiger charge is 2.33. The summed E-state index contributed by atoms with van der Waals surface area (Å²) in [5.41, 5.74) is -1.01. The number of alkyl halides is 3. The van der Waals surface area contributed by atoms with Crippen molar-refractivity contribution in [1.82, 2.24) is 4.98 Å². The highest BCUT2D eigenvalue weighted by atomic mass is 79.9. The number of carboxylic acid groups (broad SMARTS) is 1. The Kier molecular flexibility index (Phi) is 4.52. The van der Waals surface area contributed by atoms with E-state index >= 15 is 0 Å². The van der Waals surface area contributed by atoms with Crippen LogP contribution in [0, 0.1) is 0 Å². The van der Waals surface area contributed by atoms with Crippen molar-refractivity contribution in [2.24, 2.45) is 0 Å². The van der Waals surface area contributed by atoms with Crippen LogP contribution in [0.1, 0.15) is 21.1 Å². The zero-order valence-corrected chi connectivity index (χ0v) is 12.6. The summed E-state index contributed by atoms with van der Waals surface area (Å²) in [4.78, 5) is 14.5. The van der Waals surface area contributed by atoms with Gasteiger partial charge in [-0.1, -0.05) is 15.9 Å². The minimum Gasteiger partial charge on any atom is -0.476 e. The second-order valence-electron chi connectivity index (χ2n) is 3.97. The molecule has 1 aromatic carbocycles. The lowest BCUT2D eigenvalue weighted by Crippen LogP contribution is -2.11. The molecule has 0 radical (unpaired) electrons. The molecular formula is C12H8BrF3N2O2S. The van der Waals surface area contributed by atoms with Crippen molar-refractivity contribution < 1.29 is 23.1 Å². The summed E-state index contributed by atoms with van der Waals surface area (Å²) >= 11 is 4.07. The molecule has 0 saturated heterocycles. The molecule has 9 heteroatoms. The third-order valence-corrected chi connectivity index (χ3v) is 3.83. The molecule has 1 heterocycles. The highest BCUT2D eigenvalue weighted by molar-refractivity contribution is 9.10. The van der Waals surface area contributed by atoms with Crippen LogP contribution < -0.4 is 5.32 Å². The maximum atomic E-state index is 12.9. The van der Waals surface area contributed by atoms with E-state index in [4.69, 9.17) is 5.11 Å². The fourth-order valence-electron chi connectivity index (χ4n) is 1.57. The number of hydrogen-bond acceptors (Lipinski definition) is 4. The topological polar surface area (TPSA) is 62.2 Å². The van der Waals surface area contributed by atoms with E-state index in [0.717, 1.165) is 17.4 Å². The summed E-state index contributed by atoms with van der Waals surface area (Å²) in [6, 6.07) is 3.77. The standard InChI is InChI=1S/C12H8BrF3N2O2S/c13-6-1-2-8(7(3-6)12(14,15)16)17-4-10-18-9(5-21-10)11(19)20/h1-3,5,17H,4H2,(H,19,20). The van der Waals surface area contributed by atoms with Gasteiger partial charge in [0.1, 0.15) is 5.01 Å². The van der Waals surface area contributed by atoms with Crippen molar-refractivity contribution in [2.75, 3.05) is 5.32 Å². The molecule has 0 atom stereocenters. The first-order chi connectivity index (χ1) is 9.77. The zero-order valence-electron chi connectivity index (χ0n) is 10.2. The van der Waals surface area contributed by atoms with Crippen LogP contribution in [-0.4, -0.2) is 16.1 Å². The van der Waals surface area contributed by atoms with Crippen LogP contribution >= 0.6 is 27.3 Å². The summed E-state index contributed by atoms with van der Waals surface area (Å²) < 4.78 is 39.1. The van der Waals surface area contributed by atoms with Gasteiger partial charge in [0.2, 0.25) is 0 Å². The summed E-state index contributed by atoms with van der Waals surface area (Å²) in [6.45, 7) is 0.0165. The zero-order chi connectivity index (χ0) is 15.6. The maximum Gasteiger partial charge on any atom is 0.418 e. The third kappa shape index (κ3) is 3.94. The van der Waals surface area contributed by atoms with E-state index in [9.17, 15) is 18.0 Å². The molecule has 4 nitrogen and oxygen atoms in total. The lowest BCUT2D eigenvalue weighted by atomic mass is 10.1. The number of hydrogen-bond donors (Lipinski definition) is 2. The van der Waals surface area contributed by atoms with Crippen LogP contribution in [0.25, 0.3) is 0 Å².